The van der Waals surface area contributed by atoms with E-state index in [0.29, 0.717) is 23.2 Å². The summed E-state index contributed by atoms with van der Waals surface area (Å²) in [4.78, 5) is 10.8. The Morgan fingerprint density at radius 2 is 1.78 bits per heavy atom. The molecule has 0 saturated carbocycles. The van der Waals surface area contributed by atoms with Gasteiger partial charge in [-0.2, -0.15) is 0 Å². The van der Waals surface area contributed by atoms with Gasteiger partial charge < -0.3 is 25.4 Å². The standard InChI is InChI=1S/C13H21NO3.C8H8O2/c1-13(2,3)14-7-12(17)9-4-5-11(16)10(6-9)8-15;1-10-8(9)7-5-3-2-4-6-7/h4-6,12,14-17H,7-8H2,1-3H3;2-6H,1H3. The highest BCUT2D eigenvalue weighted by Gasteiger charge is 2.14. The zero-order valence-electron chi connectivity index (χ0n) is 16.3. The highest BCUT2D eigenvalue weighted by molar-refractivity contribution is 5.89. The maximum atomic E-state index is 10.8. The van der Waals surface area contributed by atoms with Crippen molar-refractivity contribution in [2.24, 2.45) is 0 Å². The summed E-state index contributed by atoms with van der Waals surface area (Å²) in [5.41, 5.74) is 1.64. The van der Waals surface area contributed by atoms with Gasteiger partial charge in [-0.1, -0.05) is 24.3 Å². The number of aliphatic hydroxyl groups excluding tert-OH is 2. The molecule has 0 heterocycles. The van der Waals surface area contributed by atoms with E-state index in [0.717, 1.165) is 0 Å². The summed E-state index contributed by atoms with van der Waals surface area (Å²) in [7, 11) is 1.37. The first kappa shape index (κ1) is 22.6. The van der Waals surface area contributed by atoms with Gasteiger partial charge in [0.2, 0.25) is 0 Å². The summed E-state index contributed by atoms with van der Waals surface area (Å²) in [6.45, 7) is 6.26. The minimum Gasteiger partial charge on any atom is -0.508 e. The van der Waals surface area contributed by atoms with Crippen LogP contribution in [0, 0.1) is 0 Å². The maximum absolute atomic E-state index is 10.8. The van der Waals surface area contributed by atoms with Crippen LogP contribution >= 0.6 is 0 Å². The van der Waals surface area contributed by atoms with E-state index >= 15 is 0 Å². The number of carbonyl (C=O) groups excluding carboxylic acids is 1. The number of aliphatic hydroxyl groups is 2. The molecule has 2 aromatic carbocycles. The second-order valence-corrected chi connectivity index (χ2v) is 7.05. The molecule has 2 aromatic rings. The van der Waals surface area contributed by atoms with E-state index in [9.17, 15) is 15.0 Å². The molecule has 0 aliphatic carbocycles. The van der Waals surface area contributed by atoms with E-state index < -0.39 is 6.10 Å². The molecule has 6 heteroatoms. The van der Waals surface area contributed by atoms with Gasteiger partial charge >= 0.3 is 5.97 Å². The minimum atomic E-state index is -0.653. The van der Waals surface area contributed by atoms with Crippen molar-refractivity contribution in [1.82, 2.24) is 5.32 Å². The molecule has 1 unspecified atom stereocenters. The van der Waals surface area contributed by atoms with Crippen molar-refractivity contribution in [2.75, 3.05) is 13.7 Å². The SMILES string of the molecule is CC(C)(C)NCC(O)c1ccc(O)c(CO)c1.COC(=O)c1ccccc1. The number of aromatic hydroxyl groups is 1. The Labute approximate surface area is 160 Å². The van der Waals surface area contributed by atoms with Crippen LogP contribution in [0.15, 0.2) is 48.5 Å². The summed E-state index contributed by atoms with van der Waals surface area (Å²) in [5.74, 6) is -0.243. The van der Waals surface area contributed by atoms with Gasteiger partial charge in [-0.3, -0.25) is 0 Å². The Morgan fingerprint density at radius 3 is 2.30 bits per heavy atom. The van der Waals surface area contributed by atoms with Crippen LogP contribution < -0.4 is 5.32 Å². The Balaban J connectivity index is 0.000000309. The normalized spacial score (nSPS) is 11.9. The minimum absolute atomic E-state index is 0.0484. The van der Waals surface area contributed by atoms with Crippen LogP contribution in [0.4, 0.5) is 0 Å². The molecule has 0 fully saturated rings. The van der Waals surface area contributed by atoms with E-state index in [-0.39, 0.29) is 23.9 Å². The van der Waals surface area contributed by atoms with Crippen LogP contribution in [0.25, 0.3) is 0 Å². The third-order valence-corrected chi connectivity index (χ3v) is 3.68. The molecule has 0 spiro atoms. The molecule has 4 N–H and O–H groups in total. The molecular weight excluding hydrogens is 346 g/mol. The molecule has 1 atom stereocenters. The average molecular weight is 375 g/mol. The third-order valence-electron chi connectivity index (χ3n) is 3.68. The number of carbonyl (C=O) groups is 1. The van der Waals surface area contributed by atoms with Crippen LogP contribution in [-0.4, -0.2) is 40.5 Å². The topological polar surface area (TPSA) is 99.0 Å². The predicted octanol–water partition coefficient (Wildman–Crippen LogP) is 2.78. The number of methoxy groups -OCH3 is 1. The average Bonchev–Trinajstić information content (AvgIpc) is 2.66. The number of hydrogen-bond acceptors (Lipinski definition) is 6. The summed E-state index contributed by atoms with van der Waals surface area (Å²) < 4.78 is 4.50. The Morgan fingerprint density at radius 1 is 1.15 bits per heavy atom. The maximum Gasteiger partial charge on any atom is 0.337 e. The molecule has 0 aliphatic heterocycles. The summed E-state index contributed by atoms with van der Waals surface area (Å²) >= 11 is 0. The van der Waals surface area contributed by atoms with Crippen LogP contribution in [0.3, 0.4) is 0 Å². The van der Waals surface area contributed by atoms with E-state index in [4.69, 9.17) is 5.11 Å². The van der Waals surface area contributed by atoms with Gasteiger partial charge in [-0.25, -0.2) is 4.79 Å². The van der Waals surface area contributed by atoms with Crippen LogP contribution in [0.2, 0.25) is 0 Å². The fourth-order valence-corrected chi connectivity index (χ4v) is 2.15. The van der Waals surface area contributed by atoms with Crippen LogP contribution in [0.1, 0.15) is 48.4 Å². The van der Waals surface area contributed by atoms with Crippen LogP contribution in [-0.2, 0) is 11.3 Å². The monoisotopic (exact) mass is 375 g/mol. The molecular formula is C21H29NO5. The molecule has 0 aliphatic rings. The Hall–Kier alpha value is -2.41. The van der Waals surface area contributed by atoms with E-state index in [1.165, 1.54) is 13.2 Å². The number of hydrogen-bond donors (Lipinski definition) is 4. The Bertz CT molecular complexity index is 710. The van der Waals surface area contributed by atoms with Gasteiger partial charge in [0.05, 0.1) is 25.4 Å². The van der Waals surface area contributed by atoms with Crippen molar-refractivity contribution >= 4 is 5.97 Å². The molecule has 148 valence electrons. The molecule has 0 aromatic heterocycles. The number of esters is 1. The first-order valence-electron chi connectivity index (χ1n) is 8.67. The molecule has 0 saturated heterocycles. The smallest absolute Gasteiger partial charge is 0.337 e. The van der Waals surface area contributed by atoms with Crippen molar-refractivity contribution in [3.8, 4) is 5.75 Å². The number of β-amino-alcohol motifs (C(OH)–C–C–N with tert-alkyl or cyclic N) is 1. The molecule has 27 heavy (non-hydrogen) atoms. The van der Waals surface area contributed by atoms with Crippen molar-refractivity contribution in [1.29, 1.82) is 0 Å². The van der Waals surface area contributed by atoms with Gasteiger partial charge in [0.25, 0.3) is 0 Å². The number of ether oxygens (including phenoxy) is 1. The Kier molecular flexibility index (Phi) is 8.94. The zero-order valence-corrected chi connectivity index (χ0v) is 16.3. The van der Waals surface area contributed by atoms with E-state index in [1.54, 1.807) is 36.4 Å². The first-order chi connectivity index (χ1) is 12.7. The lowest BCUT2D eigenvalue weighted by Gasteiger charge is -2.23. The highest BCUT2D eigenvalue weighted by atomic mass is 16.5. The molecule has 6 nitrogen and oxygen atoms in total. The lowest BCUT2D eigenvalue weighted by Crippen LogP contribution is -2.38. The largest absolute Gasteiger partial charge is 0.508 e. The lowest BCUT2D eigenvalue weighted by molar-refractivity contribution is 0.0600. The van der Waals surface area contributed by atoms with Crippen molar-refractivity contribution in [3.63, 3.8) is 0 Å². The highest BCUT2D eigenvalue weighted by Crippen LogP contribution is 2.22. The molecule has 0 radical (unpaired) electrons. The lowest BCUT2D eigenvalue weighted by atomic mass is 10.0. The summed E-state index contributed by atoms with van der Waals surface area (Å²) in [6, 6.07) is 13.6. The second-order valence-electron chi connectivity index (χ2n) is 7.05. The summed E-state index contributed by atoms with van der Waals surface area (Å²) in [5, 5.41) is 31.6. The third kappa shape index (κ3) is 8.21. The number of nitrogens with one attached hydrogen (secondary N) is 1. The van der Waals surface area contributed by atoms with Gasteiger partial charge in [-0.15, -0.1) is 0 Å². The molecule has 0 bridgehead atoms. The van der Waals surface area contributed by atoms with Gasteiger partial charge in [0.15, 0.2) is 0 Å². The van der Waals surface area contributed by atoms with E-state index in [1.807, 2.05) is 26.8 Å². The van der Waals surface area contributed by atoms with E-state index in [2.05, 4.69) is 10.1 Å². The van der Waals surface area contributed by atoms with Gasteiger partial charge in [0, 0.05) is 17.6 Å². The second kappa shape index (κ2) is 10.7. The fourth-order valence-electron chi connectivity index (χ4n) is 2.15. The number of benzene rings is 2. The van der Waals surface area contributed by atoms with Crippen LogP contribution in [0.5, 0.6) is 5.75 Å². The zero-order chi connectivity index (χ0) is 20.4. The van der Waals surface area contributed by atoms with Crippen molar-refractivity contribution < 1.29 is 24.9 Å². The van der Waals surface area contributed by atoms with Gasteiger partial charge in [-0.05, 0) is 50.6 Å². The summed E-state index contributed by atoms with van der Waals surface area (Å²) in [6.07, 6.45) is -0.653. The molecule has 2 rings (SSSR count). The first-order valence-corrected chi connectivity index (χ1v) is 8.67. The van der Waals surface area contributed by atoms with Crippen molar-refractivity contribution in [3.05, 3.63) is 65.2 Å². The molecule has 0 amide bonds. The fraction of sp³-hybridized carbons (Fsp3) is 0.381. The number of phenols is 1. The number of rotatable bonds is 5. The predicted molar refractivity (Wildman–Crippen MR) is 105 cm³/mol. The quantitative estimate of drug-likeness (QED) is 0.600. The van der Waals surface area contributed by atoms with Crippen molar-refractivity contribution in [2.45, 2.75) is 39.0 Å². The van der Waals surface area contributed by atoms with Gasteiger partial charge in [0.1, 0.15) is 5.75 Å².